The van der Waals surface area contributed by atoms with E-state index in [0.717, 1.165) is 32.1 Å². The molecular formula is C24H16BrNO2. The Morgan fingerprint density at radius 3 is 2.61 bits per heavy atom. The normalized spacial score (nSPS) is 14.5. The number of aryl methyl sites for hydroxylation is 1. The molecular weight excluding hydrogens is 414 g/mol. The molecule has 1 aliphatic rings. The number of ketones is 1. The summed E-state index contributed by atoms with van der Waals surface area (Å²) in [6, 6.07) is 22.0. The number of Topliss-reactive ketones (excluding diaryl/α,β-unsaturated/α-hetero) is 1. The molecule has 0 saturated carbocycles. The quantitative estimate of drug-likeness (QED) is 0.354. The molecule has 4 aromatic rings. The van der Waals surface area contributed by atoms with Crippen molar-refractivity contribution in [1.29, 1.82) is 0 Å². The second-order valence-electron chi connectivity index (χ2n) is 6.84. The van der Waals surface area contributed by atoms with Crippen molar-refractivity contribution >= 4 is 38.7 Å². The van der Waals surface area contributed by atoms with Gasteiger partial charge < -0.3 is 9.30 Å². The molecule has 136 valence electrons. The van der Waals surface area contributed by atoms with Gasteiger partial charge in [0.15, 0.2) is 5.76 Å². The zero-order valence-corrected chi connectivity index (χ0v) is 16.7. The van der Waals surface area contributed by atoms with Gasteiger partial charge in [0.25, 0.3) is 0 Å². The highest BCUT2D eigenvalue weighted by Gasteiger charge is 2.28. The fraction of sp³-hybridized carbons (Fsp3) is 0.0417. The van der Waals surface area contributed by atoms with Gasteiger partial charge in [-0.2, -0.15) is 0 Å². The number of carbonyl (C=O) groups excluding carboxylic acids is 1. The molecule has 3 aromatic carbocycles. The van der Waals surface area contributed by atoms with Crippen LogP contribution in [-0.2, 0) is 7.05 Å². The summed E-state index contributed by atoms with van der Waals surface area (Å²) in [7, 11) is 2.02. The number of carbonyl (C=O) groups is 1. The number of hydrogen-bond acceptors (Lipinski definition) is 2. The number of fused-ring (bicyclic) bond motifs is 2. The van der Waals surface area contributed by atoms with Crippen molar-refractivity contribution < 1.29 is 9.53 Å². The summed E-state index contributed by atoms with van der Waals surface area (Å²) in [5, 5.41) is 1.11. The maximum Gasteiger partial charge on any atom is 0.232 e. The minimum Gasteiger partial charge on any atom is -0.452 e. The fourth-order valence-electron chi connectivity index (χ4n) is 3.75. The van der Waals surface area contributed by atoms with Crippen LogP contribution in [-0.4, -0.2) is 10.4 Å². The molecule has 1 aromatic heterocycles. The van der Waals surface area contributed by atoms with Crippen LogP contribution in [0.4, 0.5) is 0 Å². The molecule has 0 fully saturated rings. The molecule has 1 aliphatic heterocycles. The van der Waals surface area contributed by atoms with Crippen LogP contribution in [0.15, 0.2) is 83.2 Å². The van der Waals surface area contributed by atoms with Gasteiger partial charge in [-0.05, 0) is 41.5 Å². The summed E-state index contributed by atoms with van der Waals surface area (Å²) in [5.74, 6) is 0.858. The lowest BCUT2D eigenvalue weighted by atomic mass is 9.98. The van der Waals surface area contributed by atoms with E-state index in [1.54, 1.807) is 6.07 Å². The van der Waals surface area contributed by atoms with Gasteiger partial charge in [0.2, 0.25) is 5.78 Å². The summed E-state index contributed by atoms with van der Waals surface area (Å²) >= 11 is 3.42. The van der Waals surface area contributed by atoms with E-state index in [-0.39, 0.29) is 5.78 Å². The molecule has 0 bridgehead atoms. The Hall–Kier alpha value is -3.11. The second-order valence-corrected chi connectivity index (χ2v) is 7.76. The van der Waals surface area contributed by atoms with Crippen LogP contribution >= 0.6 is 15.9 Å². The molecule has 0 aliphatic carbocycles. The Morgan fingerprint density at radius 1 is 0.964 bits per heavy atom. The molecule has 0 N–H and O–H groups in total. The van der Waals surface area contributed by atoms with Gasteiger partial charge in [-0.3, -0.25) is 4.79 Å². The maximum atomic E-state index is 12.8. The fourth-order valence-corrected chi connectivity index (χ4v) is 4.11. The molecule has 28 heavy (non-hydrogen) atoms. The molecule has 0 saturated heterocycles. The lowest BCUT2D eigenvalue weighted by Crippen LogP contribution is -1.98. The Labute approximate surface area is 171 Å². The standard InChI is InChI=1S/C24H16BrNO2/c1-26-14-16(12-22-24(27)19-13-17(25)10-11-21(19)28-22)23-18(8-5-9-20(23)26)15-6-3-2-4-7-15/h2-14H,1H3. The summed E-state index contributed by atoms with van der Waals surface area (Å²) in [6.07, 6.45) is 3.89. The largest absolute Gasteiger partial charge is 0.452 e. The topological polar surface area (TPSA) is 31.2 Å². The zero-order chi connectivity index (χ0) is 19.3. The third kappa shape index (κ3) is 2.69. The maximum absolute atomic E-state index is 12.8. The van der Waals surface area contributed by atoms with E-state index in [9.17, 15) is 4.79 Å². The van der Waals surface area contributed by atoms with E-state index in [4.69, 9.17) is 4.74 Å². The van der Waals surface area contributed by atoms with Crippen molar-refractivity contribution in [3.63, 3.8) is 0 Å². The second kappa shape index (κ2) is 6.50. The highest BCUT2D eigenvalue weighted by molar-refractivity contribution is 9.10. The third-order valence-electron chi connectivity index (χ3n) is 5.05. The number of benzene rings is 3. The highest BCUT2D eigenvalue weighted by atomic mass is 79.9. The van der Waals surface area contributed by atoms with Crippen LogP contribution in [0.5, 0.6) is 5.75 Å². The number of halogens is 1. The molecule has 5 rings (SSSR count). The number of ether oxygens (including phenoxy) is 1. The van der Waals surface area contributed by atoms with Crippen LogP contribution in [0.1, 0.15) is 15.9 Å². The van der Waals surface area contributed by atoms with Crippen LogP contribution in [0.25, 0.3) is 28.1 Å². The lowest BCUT2D eigenvalue weighted by molar-refractivity contribution is 0.101. The summed E-state index contributed by atoms with van der Waals surface area (Å²) in [5.41, 5.74) is 4.94. The van der Waals surface area contributed by atoms with Crippen molar-refractivity contribution in [1.82, 2.24) is 4.57 Å². The summed E-state index contributed by atoms with van der Waals surface area (Å²) in [6.45, 7) is 0. The van der Waals surface area contributed by atoms with Crippen molar-refractivity contribution in [3.8, 4) is 16.9 Å². The predicted molar refractivity (Wildman–Crippen MR) is 115 cm³/mol. The van der Waals surface area contributed by atoms with Crippen LogP contribution in [0.3, 0.4) is 0 Å². The molecule has 3 nitrogen and oxygen atoms in total. The van der Waals surface area contributed by atoms with E-state index < -0.39 is 0 Å². The molecule has 0 atom stereocenters. The van der Waals surface area contributed by atoms with Gasteiger partial charge in [-0.1, -0.05) is 58.4 Å². The molecule has 0 radical (unpaired) electrons. The number of rotatable bonds is 2. The number of nitrogens with zero attached hydrogens (tertiary/aromatic N) is 1. The first kappa shape index (κ1) is 17.0. The number of aromatic nitrogens is 1. The molecule has 0 unspecified atom stereocenters. The van der Waals surface area contributed by atoms with Gasteiger partial charge in [-0.25, -0.2) is 0 Å². The van der Waals surface area contributed by atoms with E-state index in [1.807, 2.05) is 49.7 Å². The lowest BCUT2D eigenvalue weighted by Gasteiger charge is -2.06. The summed E-state index contributed by atoms with van der Waals surface area (Å²) in [4.78, 5) is 12.8. The van der Waals surface area contributed by atoms with Gasteiger partial charge in [0, 0.05) is 34.2 Å². The Bertz CT molecular complexity index is 1270. The van der Waals surface area contributed by atoms with Crippen molar-refractivity contribution in [2.24, 2.45) is 7.05 Å². The van der Waals surface area contributed by atoms with E-state index >= 15 is 0 Å². The average Bonchev–Trinajstić information content (AvgIpc) is 3.20. The first-order valence-electron chi connectivity index (χ1n) is 8.99. The average molecular weight is 430 g/mol. The monoisotopic (exact) mass is 429 g/mol. The molecule has 2 heterocycles. The first-order valence-corrected chi connectivity index (χ1v) is 9.78. The van der Waals surface area contributed by atoms with Crippen molar-refractivity contribution in [2.45, 2.75) is 0 Å². The third-order valence-corrected chi connectivity index (χ3v) is 5.54. The minimum absolute atomic E-state index is 0.0921. The predicted octanol–water partition coefficient (Wildman–Crippen LogP) is 6.22. The molecule has 0 spiro atoms. The van der Waals surface area contributed by atoms with Gasteiger partial charge in [0.1, 0.15) is 5.75 Å². The van der Waals surface area contributed by atoms with Crippen LogP contribution in [0.2, 0.25) is 0 Å². The molecule has 0 amide bonds. The Balaban J connectivity index is 1.69. The van der Waals surface area contributed by atoms with E-state index in [2.05, 4.69) is 50.8 Å². The van der Waals surface area contributed by atoms with Crippen molar-refractivity contribution in [2.75, 3.05) is 0 Å². The number of allylic oxidation sites excluding steroid dienone is 1. The first-order chi connectivity index (χ1) is 13.6. The van der Waals surface area contributed by atoms with E-state index in [0.29, 0.717) is 17.1 Å². The highest BCUT2D eigenvalue weighted by Crippen LogP contribution is 2.37. The van der Waals surface area contributed by atoms with E-state index in [1.165, 1.54) is 0 Å². The van der Waals surface area contributed by atoms with Crippen LogP contribution < -0.4 is 4.74 Å². The zero-order valence-electron chi connectivity index (χ0n) is 15.1. The van der Waals surface area contributed by atoms with Gasteiger partial charge in [-0.15, -0.1) is 0 Å². The Morgan fingerprint density at radius 2 is 1.79 bits per heavy atom. The SMILES string of the molecule is Cn1cc(C=C2Oc3ccc(Br)cc3C2=O)c2c(-c3ccccc3)cccc21. The Kier molecular flexibility index (Phi) is 3.95. The van der Waals surface area contributed by atoms with Crippen LogP contribution in [0, 0.1) is 0 Å². The van der Waals surface area contributed by atoms with Crippen molar-refractivity contribution in [3.05, 3.63) is 94.3 Å². The minimum atomic E-state index is -0.0921. The smallest absolute Gasteiger partial charge is 0.232 e. The summed E-state index contributed by atoms with van der Waals surface area (Å²) < 4.78 is 8.81. The number of hydrogen-bond donors (Lipinski definition) is 0. The molecule has 4 heteroatoms. The van der Waals surface area contributed by atoms with Gasteiger partial charge >= 0.3 is 0 Å². The van der Waals surface area contributed by atoms with Gasteiger partial charge in [0.05, 0.1) is 5.56 Å².